The lowest BCUT2D eigenvalue weighted by Crippen LogP contribution is -2.44. The number of halogens is 2. The number of carbonyl (C=O) groups excluding carboxylic acids is 2. The summed E-state index contributed by atoms with van der Waals surface area (Å²) in [7, 11) is 0. The van der Waals surface area contributed by atoms with Crippen molar-refractivity contribution in [3.8, 4) is 0 Å². The third kappa shape index (κ3) is 4.36. The zero-order valence-electron chi connectivity index (χ0n) is 13.8. The molecule has 0 saturated carbocycles. The fourth-order valence-electron chi connectivity index (χ4n) is 2.61. The fourth-order valence-corrected chi connectivity index (χ4v) is 3.10. The molecule has 0 radical (unpaired) electrons. The Morgan fingerprint density at radius 3 is 2.58 bits per heavy atom. The van der Waals surface area contributed by atoms with Crippen molar-refractivity contribution in [2.24, 2.45) is 0 Å². The first-order valence-electron chi connectivity index (χ1n) is 7.80. The largest absolute Gasteiger partial charge is 0.358 e. The van der Waals surface area contributed by atoms with Gasteiger partial charge in [-0.25, -0.2) is 10.2 Å². The summed E-state index contributed by atoms with van der Waals surface area (Å²) in [5, 5.41) is 4.14. The van der Waals surface area contributed by atoms with Gasteiger partial charge in [-0.2, -0.15) is 0 Å². The van der Waals surface area contributed by atoms with Crippen LogP contribution in [0.4, 0.5) is 10.5 Å². The van der Waals surface area contributed by atoms with Gasteiger partial charge < -0.3 is 10.3 Å². The van der Waals surface area contributed by atoms with Gasteiger partial charge in [0.2, 0.25) is 5.91 Å². The topological polar surface area (TPSA) is 86.0 Å². The Morgan fingerprint density at radius 2 is 1.85 bits per heavy atom. The summed E-state index contributed by atoms with van der Waals surface area (Å²) in [6.07, 6.45) is 0.142. The van der Waals surface area contributed by atoms with E-state index in [1.807, 2.05) is 25.1 Å². The number of amides is 3. The number of hydrogen-bond acceptors (Lipinski definition) is 2. The molecule has 0 fully saturated rings. The molecule has 0 atom stereocenters. The van der Waals surface area contributed by atoms with Crippen LogP contribution in [0, 0.1) is 6.92 Å². The molecule has 1 aromatic heterocycles. The van der Waals surface area contributed by atoms with E-state index in [9.17, 15) is 9.59 Å². The zero-order chi connectivity index (χ0) is 18.7. The maximum Gasteiger partial charge on any atom is 0.337 e. The van der Waals surface area contributed by atoms with Gasteiger partial charge in [-0.05, 0) is 55.0 Å². The van der Waals surface area contributed by atoms with Crippen molar-refractivity contribution >= 4 is 56.1 Å². The number of fused-ring (bicyclic) bond motifs is 1. The second-order valence-electron chi connectivity index (χ2n) is 5.73. The Morgan fingerprint density at radius 1 is 1.12 bits per heavy atom. The van der Waals surface area contributed by atoms with Crippen LogP contribution in [0.15, 0.2) is 46.9 Å². The van der Waals surface area contributed by atoms with E-state index in [4.69, 9.17) is 11.6 Å². The molecule has 4 N–H and O–H groups in total. The van der Waals surface area contributed by atoms with Gasteiger partial charge in [0.25, 0.3) is 0 Å². The molecule has 8 heteroatoms. The molecule has 3 rings (SSSR count). The molecule has 0 spiro atoms. The standard InChI is InChI=1S/C18H16BrClN4O2/c1-10-14(15-8-11(19)2-7-16(15)21-10)9-17(25)23-24-18(26)22-13-5-3-12(20)4-6-13/h2-8,21H,9H2,1H3,(H,23,25)(H2,22,24,26). The number of hydrogen-bond donors (Lipinski definition) is 4. The molecule has 0 saturated heterocycles. The molecular weight excluding hydrogens is 420 g/mol. The lowest BCUT2D eigenvalue weighted by Gasteiger charge is -2.09. The predicted molar refractivity (Wildman–Crippen MR) is 106 cm³/mol. The Bertz CT molecular complexity index is 969. The Balaban J connectivity index is 1.59. The number of rotatable bonds is 3. The number of aromatic nitrogens is 1. The van der Waals surface area contributed by atoms with Crippen molar-refractivity contribution in [1.29, 1.82) is 0 Å². The fraction of sp³-hybridized carbons (Fsp3) is 0.111. The monoisotopic (exact) mass is 434 g/mol. The molecule has 6 nitrogen and oxygen atoms in total. The smallest absolute Gasteiger partial charge is 0.337 e. The van der Waals surface area contributed by atoms with E-state index in [1.54, 1.807) is 24.3 Å². The van der Waals surface area contributed by atoms with Crippen LogP contribution >= 0.6 is 27.5 Å². The Labute approximate surface area is 163 Å². The summed E-state index contributed by atoms with van der Waals surface area (Å²) in [6.45, 7) is 1.91. The van der Waals surface area contributed by atoms with Crippen molar-refractivity contribution in [3.63, 3.8) is 0 Å². The van der Waals surface area contributed by atoms with E-state index in [-0.39, 0.29) is 12.3 Å². The highest BCUT2D eigenvalue weighted by Gasteiger charge is 2.13. The van der Waals surface area contributed by atoms with Gasteiger partial charge in [0.1, 0.15) is 0 Å². The second kappa shape index (κ2) is 7.80. The first-order valence-corrected chi connectivity index (χ1v) is 8.97. The number of carbonyl (C=O) groups is 2. The number of hydrazine groups is 1. The Hall–Kier alpha value is -2.51. The van der Waals surface area contributed by atoms with Crippen LogP contribution in [0.2, 0.25) is 5.02 Å². The van der Waals surface area contributed by atoms with Crippen LogP contribution in [0.5, 0.6) is 0 Å². The van der Waals surface area contributed by atoms with Crippen molar-refractivity contribution < 1.29 is 9.59 Å². The second-order valence-corrected chi connectivity index (χ2v) is 7.08. The SMILES string of the molecule is Cc1[nH]c2ccc(Br)cc2c1CC(=O)NNC(=O)Nc1ccc(Cl)cc1. The summed E-state index contributed by atoms with van der Waals surface area (Å²) in [5.74, 6) is -0.319. The van der Waals surface area contributed by atoms with Gasteiger partial charge in [0.15, 0.2) is 0 Å². The molecule has 26 heavy (non-hydrogen) atoms. The normalized spacial score (nSPS) is 10.6. The summed E-state index contributed by atoms with van der Waals surface area (Å²) in [5.41, 5.74) is 8.07. The molecule has 3 aromatic rings. The maximum atomic E-state index is 12.2. The third-order valence-electron chi connectivity index (χ3n) is 3.84. The summed E-state index contributed by atoms with van der Waals surface area (Å²) < 4.78 is 0.936. The van der Waals surface area contributed by atoms with E-state index in [1.165, 1.54) is 0 Å². The first kappa shape index (κ1) is 18.3. The number of nitrogens with one attached hydrogen (secondary N) is 4. The van der Waals surface area contributed by atoms with Crippen LogP contribution in [0.3, 0.4) is 0 Å². The highest BCUT2D eigenvalue weighted by Crippen LogP contribution is 2.25. The van der Waals surface area contributed by atoms with Crippen molar-refractivity contribution in [2.75, 3.05) is 5.32 Å². The number of aryl methyl sites for hydroxylation is 1. The minimum Gasteiger partial charge on any atom is -0.358 e. The zero-order valence-corrected chi connectivity index (χ0v) is 16.2. The van der Waals surface area contributed by atoms with Gasteiger partial charge in [-0.1, -0.05) is 27.5 Å². The lowest BCUT2D eigenvalue weighted by molar-refractivity contribution is -0.121. The third-order valence-corrected chi connectivity index (χ3v) is 4.58. The van der Waals surface area contributed by atoms with Crippen molar-refractivity contribution in [2.45, 2.75) is 13.3 Å². The molecule has 0 bridgehead atoms. The number of benzene rings is 2. The minimum absolute atomic E-state index is 0.142. The van der Waals surface area contributed by atoms with Crippen LogP contribution < -0.4 is 16.2 Å². The van der Waals surface area contributed by atoms with Crippen LogP contribution in [0.25, 0.3) is 10.9 Å². The van der Waals surface area contributed by atoms with E-state index in [0.717, 1.165) is 26.6 Å². The highest BCUT2D eigenvalue weighted by atomic mass is 79.9. The van der Waals surface area contributed by atoms with E-state index >= 15 is 0 Å². The lowest BCUT2D eigenvalue weighted by atomic mass is 10.1. The molecule has 1 heterocycles. The Kier molecular flexibility index (Phi) is 5.49. The number of H-pyrrole nitrogens is 1. The molecule has 2 aromatic carbocycles. The van der Waals surface area contributed by atoms with Crippen LogP contribution in [-0.4, -0.2) is 16.9 Å². The van der Waals surface area contributed by atoms with Gasteiger partial charge in [-0.3, -0.25) is 10.2 Å². The quantitative estimate of drug-likeness (QED) is 0.463. The van der Waals surface area contributed by atoms with Gasteiger partial charge in [0, 0.05) is 31.8 Å². The summed E-state index contributed by atoms with van der Waals surface area (Å²) >= 11 is 9.23. The average molecular weight is 436 g/mol. The van der Waals surface area contributed by atoms with Crippen molar-refractivity contribution in [1.82, 2.24) is 15.8 Å². The molecular formula is C18H16BrClN4O2. The van der Waals surface area contributed by atoms with E-state index in [0.29, 0.717) is 10.7 Å². The molecule has 0 unspecified atom stereocenters. The first-order chi connectivity index (χ1) is 12.4. The molecule has 134 valence electrons. The summed E-state index contributed by atoms with van der Waals surface area (Å²) in [6, 6.07) is 12.0. The van der Waals surface area contributed by atoms with Crippen LogP contribution in [0.1, 0.15) is 11.3 Å². The average Bonchev–Trinajstić information content (AvgIpc) is 2.90. The van der Waals surface area contributed by atoms with Gasteiger partial charge in [-0.15, -0.1) is 0 Å². The number of aromatic amines is 1. The molecule has 0 aliphatic rings. The van der Waals surface area contributed by atoms with Gasteiger partial charge >= 0.3 is 6.03 Å². The van der Waals surface area contributed by atoms with E-state index in [2.05, 4.69) is 37.1 Å². The minimum atomic E-state index is -0.543. The number of urea groups is 1. The summed E-state index contributed by atoms with van der Waals surface area (Å²) in [4.78, 5) is 27.3. The molecule has 0 aliphatic carbocycles. The molecule has 0 aliphatic heterocycles. The maximum absolute atomic E-state index is 12.2. The van der Waals surface area contributed by atoms with Gasteiger partial charge in [0.05, 0.1) is 6.42 Å². The van der Waals surface area contributed by atoms with E-state index < -0.39 is 6.03 Å². The van der Waals surface area contributed by atoms with Crippen molar-refractivity contribution in [3.05, 3.63) is 63.2 Å². The number of anilines is 1. The molecule has 3 amide bonds. The highest BCUT2D eigenvalue weighted by molar-refractivity contribution is 9.10. The van der Waals surface area contributed by atoms with Crippen LogP contribution in [-0.2, 0) is 11.2 Å². The predicted octanol–water partition coefficient (Wildman–Crippen LogP) is 4.29.